The van der Waals surface area contributed by atoms with Crippen LogP contribution in [0.2, 0.25) is 0 Å². The quantitative estimate of drug-likeness (QED) is 0.768. The minimum Gasteiger partial charge on any atom is -0.462 e. The predicted molar refractivity (Wildman–Crippen MR) is 59.8 cm³/mol. The molecule has 0 aromatic carbocycles. The topological polar surface area (TPSA) is 55.3 Å². The number of ether oxygens (including phenoxy) is 1. The van der Waals surface area contributed by atoms with Gasteiger partial charge in [0.15, 0.2) is 0 Å². The van der Waals surface area contributed by atoms with Crippen molar-refractivity contribution in [2.75, 3.05) is 24.6 Å². The number of rotatable bonds is 3. The maximum atomic E-state index is 13.0. The average molecular weight is 257 g/mol. The summed E-state index contributed by atoms with van der Waals surface area (Å²) in [5.74, 6) is -3.00. The summed E-state index contributed by atoms with van der Waals surface area (Å²) in [7, 11) is 0. The van der Waals surface area contributed by atoms with Crippen molar-refractivity contribution in [2.45, 2.75) is 19.3 Å². The minimum atomic E-state index is -2.69. The molecule has 98 valence electrons. The lowest BCUT2D eigenvalue weighted by Crippen LogP contribution is -2.26. The summed E-state index contributed by atoms with van der Waals surface area (Å²) >= 11 is 0. The Labute approximate surface area is 103 Å². The summed E-state index contributed by atoms with van der Waals surface area (Å²) in [4.78, 5) is 20.6. The van der Waals surface area contributed by atoms with Crippen molar-refractivity contribution in [1.82, 2.24) is 9.97 Å². The van der Waals surface area contributed by atoms with Gasteiger partial charge in [0.1, 0.15) is 0 Å². The molecule has 2 heterocycles. The van der Waals surface area contributed by atoms with Crippen molar-refractivity contribution < 1.29 is 18.3 Å². The number of anilines is 1. The van der Waals surface area contributed by atoms with Crippen LogP contribution in [-0.2, 0) is 4.74 Å². The molecule has 0 spiro atoms. The number of hydrogen-bond acceptors (Lipinski definition) is 5. The van der Waals surface area contributed by atoms with E-state index < -0.39 is 11.9 Å². The van der Waals surface area contributed by atoms with Gasteiger partial charge >= 0.3 is 5.97 Å². The number of carbonyl (C=O) groups is 1. The number of carbonyl (C=O) groups excluding carboxylic acids is 1. The summed E-state index contributed by atoms with van der Waals surface area (Å²) < 4.78 is 30.8. The number of alkyl halides is 2. The highest BCUT2D eigenvalue weighted by atomic mass is 19.3. The molecule has 1 aliphatic rings. The molecule has 0 saturated carbocycles. The van der Waals surface area contributed by atoms with Crippen LogP contribution in [-0.4, -0.2) is 41.6 Å². The molecule has 0 bridgehead atoms. The first kappa shape index (κ1) is 12.7. The van der Waals surface area contributed by atoms with E-state index in [0.717, 1.165) is 0 Å². The average Bonchev–Trinajstić information content (AvgIpc) is 2.70. The number of nitrogens with zero attached hydrogens (tertiary/aromatic N) is 3. The van der Waals surface area contributed by atoms with Crippen LogP contribution < -0.4 is 4.90 Å². The van der Waals surface area contributed by atoms with Crippen LogP contribution in [0.5, 0.6) is 0 Å². The van der Waals surface area contributed by atoms with Crippen LogP contribution in [0.1, 0.15) is 23.7 Å². The van der Waals surface area contributed by atoms with Crippen LogP contribution in [0, 0.1) is 0 Å². The van der Waals surface area contributed by atoms with Crippen LogP contribution in [0.3, 0.4) is 0 Å². The minimum absolute atomic E-state index is 0.198. The van der Waals surface area contributed by atoms with Crippen molar-refractivity contribution in [3.8, 4) is 0 Å². The van der Waals surface area contributed by atoms with E-state index in [4.69, 9.17) is 4.74 Å². The zero-order chi connectivity index (χ0) is 13.2. The van der Waals surface area contributed by atoms with E-state index in [1.165, 1.54) is 17.3 Å². The molecule has 18 heavy (non-hydrogen) atoms. The third-order valence-electron chi connectivity index (χ3n) is 2.60. The maximum absolute atomic E-state index is 13.0. The zero-order valence-electron chi connectivity index (χ0n) is 9.90. The van der Waals surface area contributed by atoms with Crippen molar-refractivity contribution in [1.29, 1.82) is 0 Å². The predicted octanol–water partition coefficient (Wildman–Crippen LogP) is 1.50. The maximum Gasteiger partial charge on any atom is 0.341 e. The van der Waals surface area contributed by atoms with Gasteiger partial charge in [-0.15, -0.1) is 0 Å². The lowest BCUT2D eigenvalue weighted by Gasteiger charge is -2.15. The fraction of sp³-hybridized carbons (Fsp3) is 0.545. The molecule has 5 nitrogen and oxygen atoms in total. The lowest BCUT2D eigenvalue weighted by atomic mass is 10.3. The molecule has 1 aromatic heterocycles. The van der Waals surface area contributed by atoms with Crippen molar-refractivity contribution in [3.63, 3.8) is 0 Å². The van der Waals surface area contributed by atoms with Crippen molar-refractivity contribution in [3.05, 3.63) is 18.0 Å². The molecule has 1 fully saturated rings. The number of halogens is 2. The third kappa shape index (κ3) is 2.72. The Morgan fingerprint density at radius 1 is 1.50 bits per heavy atom. The van der Waals surface area contributed by atoms with Crippen LogP contribution >= 0.6 is 0 Å². The molecule has 0 aliphatic carbocycles. The fourth-order valence-electron chi connectivity index (χ4n) is 1.71. The standard InChI is InChI=1S/C11H13F2N3O2/c1-2-18-9(17)8-5-14-10(15-6-8)16-4-3-11(12,13)7-16/h5-6H,2-4,7H2,1H3. The molecule has 1 saturated heterocycles. The van der Waals surface area contributed by atoms with Gasteiger partial charge in [-0.1, -0.05) is 0 Å². The molecule has 7 heteroatoms. The molecule has 0 N–H and O–H groups in total. The Hall–Kier alpha value is -1.79. The molecule has 0 atom stereocenters. The summed E-state index contributed by atoms with van der Waals surface area (Å²) in [5.41, 5.74) is 0.214. The number of hydrogen-bond donors (Lipinski definition) is 0. The van der Waals surface area contributed by atoms with Gasteiger partial charge in [-0.2, -0.15) is 0 Å². The zero-order valence-corrected chi connectivity index (χ0v) is 9.90. The third-order valence-corrected chi connectivity index (χ3v) is 2.60. The Kier molecular flexibility index (Phi) is 3.40. The Morgan fingerprint density at radius 3 is 2.67 bits per heavy atom. The Morgan fingerprint density at radius 2 is 2.17 bits per heavy atom. The van der Waals surface area contributed by atoms with Gasteiger partial charge in [-0.25, -0.2) is 23.5 Å². The number of esters is 1. The largest absolute Gasteiger partial charge is 0.462 e. The van der Waals surface area contributed by atoms with E-state index >= 15 is 0 Å². The van der Waals surface area contributed by atoms with E-state index in [1.54, 1.807) is 6.92 Å². The molecular weight excluding hydrogens is 244 g/mol. The summed E-state index contributed by atoms with van der Waals surface area (Å²) in [6.45, 7) is 1.79. The molecule has 2 rings (SSSR count). The van der Waals surface area contributed by atoms with Gasteiger partial charge in [0.25, 0.3) is 5.92 Å². The fourth-order valence-corrected chi connectivity index (χ4v) is 1.71. The highest BCUT2D eigenvalue weighted by molar-refractivity contribution is 5.88. The molecular formula is C11H13F2N3O2. The van der Waals surface area contributed by atoms with Gasteiger partial charge < -0.3 is 9.64 Å². The normalized spacial score (nSPS) is 17.8. The lowest BCUT2D eigenvalue weighted by molar-refractivity contribution is 0.0256. The van der Waals surface area contributed by atoms with Crippen LogP contribution in [0.15, 0.2) is 12.4 Å². The van der Waals surface area contributed by atoms with E-state index in [-0.39, 0.29) is 37.6 Å². The molecule has 0 unspecified atom stereocenters. The summed E-state index contributed by atoms with van der Waals surface area (Å²) in [5, 5.41) is 0. The smallest absolute Gasteiger partial charge is 0.341 e. The van der Waals surface area contributed by atoms with Gasteiger partial charge in [0.2, 0.25) is 5.95 Å². The summed E-state index contributed by atoms with van der Waals surface area (Å²) in [6, 6.07) is 0. The Bertz CT molecular complexity index is 436. The highest BCUT2D eigenvalue weighted by Gasteiger charge is 2.39. The van der Waals surface area contributed by atoms with E-state index in [9.17, 15) is 13.6 Å². The SMILES string of the molecule is CCOC(=O)c1cnc(N2CCC(F)(F)C2)nc1. The van der Waals surface area contributed by atoms with E-state index in [0.29, 0.717) is 0 Å². The first-order chi connectivity index (χ1) is 8.52. The van der Waals surface area contributed by atoms with Gasteiger partial charge in [0, 0.05) is 25.4 Å². The van der Waals surface area contributed by atoms with E-state index in [2.05, 4.69) is 9.97 Å². The number of aromatic nitrogens is 2. The second kappa shape index (κ2) is 4.83. The molecule has 0 amide bonds. The van der Waals surface area contributed by atoms with Gasteiger partial charge in [0.05, 0.1) is 18.7 Å². The van der Waals surface area contributed by atoms with Gasteiger partial charge in [-0.05, 0) is 6.92 Å². The van der Waals surface area contributed by atoms with Crippen LogP contribution in [0.25, 0.3) is 0 Å². The monoisotopic (exact) mass is 257 g/mol. The highest BCUT2D eigenvalue weighted by Crippen LogP contribution is 2.28. The molecule has 1 aromatic rings. The molecule has 0 radical (unpaired) electrons. The first-order valence-electron chi connectivity index (χ1n) is 5.64. The second-order valence-electron chi connectivity index (χ2n) is 4.02. The van der Waals surface area contributed by atoms with E-state index in [1.807, 2.05) is 0 Å². The summed E-state index contributed by atoms with van der Waals surface area (Å²) in [6.07, 6.45) is 2.38. The Balaban J connectivity index is 2.06. The van der Waals surface area contributed by atoms with Gasteiger partial charge in [-0.3, -0.25) is 0 Å². The first-order valence-corrected chi connectivity index (χ1v) is 5.64. The van der Waals surface area contributed by atoms with Crippen LogP contribution in [0.4, 0.5) is 14.7 Å². The van der Waals surface area contributed by atoms with Crippen molar-refractivity contribution >= 4 is 11.9 Å². The molecule has 1 aliphatic heterocycles. The van der Waals surface area contributed by atoms with Crippen molar-refractivity contribution in [2.24, 2.45) is 0 Å². The second-order valence-corrected chi connectivity index (χ2v) is 4.02.